The maximum atomic E-state index is 12.8. The van der Waals surface area contributed by atoms with Crippen molar-refractivity contribution in [3.05, 3.63) is 39.6 Å². The van der Waals surface area contributed by atoms with Gasteiger partial charge in [0.1, 0.15) is 0 Å². The molecule has 134 valence electrons. The third-order valence-corrected chi connectivity index (χ3v) is 2.94. The smallest absolute Gasteiger partial charge is 0.437 e. The van der Waals surface area contributed by atoms with E-state index in [0.717, 1.165) is 0 Å². The van der Waals surface area contributed by atoms with Gasteiger partial charge in [-0.3, -0.25) is 10.1 Å². The summed E-state index contributed by atoms with van der Waals surface area (Å²) in [5.41, 5.74) is -0.0246. The fourth-order valence-corrected chi connectivity index (χ4v) is 1.84. The molecule has 2 rings (SSSR count). The van der Waals surface area contributed by atoms with E-state index in [1.165, 1.54) is 0 Å². The second-order valence-electron chi connectivity index (χ2n) is 4.61. The molecule has 1 aromatic carbocycles. The number of nitrogens with zero attached hydrogens (tertiary/aromatic N) is 3. The number of anilines is 1. The first-order chi connectivity index (χ1) is 11.3. The second kappa shape index (κ2) is 5.75. The van der Waals surface area contributed by atoms with Gasteiger partial charge in [0, 0.05) is 6.07 Å². The number of nitro benzene ring substituents is 1. The molecule has 0 spiro atoms. The summed E-state index contributed by atoms with van der Waals surface area (Å²) in [6.07, 6.45) is -10.1. The zero-order valence-electron chi connectivity index (χ0n) is 11.7. The summed E-state index contributed by atoms with van der Waals surface area (Å²) in [6, 6.07) is 1.10. The minimum atomic E-state index is -5.17. The number of rotatable bonds is 2. The van der Waals surface area contributed by atoms with Crippen molar-refractivity contribution in [3.63, 3.8) is 0 Å². The number of nitrogens with two attached hydrogens (primary N) is 1. The summed E-state index contributed by atoms with van der Waals surface area (Å²) >= 11 is 0. The van der Waals surface area contributed by atoms with Crippen molar-refractivity contribution in [1.29, 1.82) is 0 Å². The van der Waals surface area contributed by atoms with Crippen molar-refractivity contribution >= 4 is 11.5 Å². The number of nitro groups is 1. The van der Waals surface area contributed by atoms with Crippen LogP contribution < -0.4 is 5.73 Å². The summed E-state index contributed by atoms with van der Waals surface area (Å²) in [5, 5.41) is 20.3. The Morgan fingerprint density at radius 3 is 2.16 bits per heavy atom. The predicted molar refractivity (Wildman–Crippen MR) is 70.2 cm³/mol. The molecular formula is C12H6F6N4O3. The average Bonchev–Trinajstić information content (AvgIpc) is 2.47. The van der Waals surface area contributed by atoms with E-state index < -0.39 is 57.2 Å². The van der Waals surface area contributed by atoms with Crippen molar-refractivity contribution in [3.8, 4) is 17.1 Å². The van der Waals surface area contributed by atoms with Gasteiger partial charge < -0.3 is 10.8 Å². The van der Waals surface area contributed by atoms with E-state index in [1.54, 1.807) is 0 Å². The van der Waals surface area contributed by atoms with Crippen LogP contribution in [0.3, 0.4) is 0 Å². The highest BCUT2D eigenvalue weighted by molar-refractivity contribution is 5.71. The molecule has 0 atom stereocenters. The van der Waals surface area contributed by atoms with Gasteiger partial charge in [-0.1, -0.05) is 0 Å². The van der Waals surface area contributed by atoms with E-state index in [-0.39, 0.29) is 6.07 Å². The lowest BCUT2D eigenvalue weighted by molar-refractivity contribution is -0.384. The van der Waals surface area contributed by atoms with E-state index in [4.69, 9.17) is 5.73 Å². The van der Waals surface area contributed by atoms with Crippen LogP contribution in [0.4, 0.5) is 37.8 Å². The summed E-state index contributed by atoms with van der Waals surface area (Å²) < 4.78 is 76.4. The normalized spacial score (nSPS) is 12.2. The molecular weight excluding hydrogens is 362 g/mol. The summed E-state index contributed by atoms with van der Waals surface area (Å²) in [7, 11) is 0. The highest BCUT2D eigenvalue weighted by Gasteiger charge is 2.39. The van der Waals surface area contributed by atoms with Gasteiger partial charge in [0.05, 0.1) is 16.1 Å². The third-order valence-electron chi connectivity index (χ3n) is 2.94. The van der Waals surface area contributed by atoms with Crippen LogP contribution >= 0.6 is 0 Å². The van der Waals surface area contributed by atoms with Crippen LogP contribution in [-0.4, -0.2) is 20.0 Å². The molecule has 1 aromatic heterocycles. The molecule has 3 N–H and O–H groups in total. The van der Waals surface area contributed by atoms with Crippen molar-refractivity contribution in [2.45, 2.75) is 12.4 Å². The van der Waals surface area contributed by atoms with Crippen LogP contribution in [0, 0.1) is 10.1 Å². The van der Waals surface area contributed by atoms with Gasteiger partial charge in [0.25, 0.3) is 5.69 Å². The number of aromatic nitrogens is 2. The lowest BCUT2D eigenvalue weighted by Crippen LogP contribution is -2.12. The predicted octanol–water partition coefficient (Wildman–Crippen LogP) is 3.38. The standard InChI is InChI=1S/C12H6F6N4O3/c13-11(14,15)4-1-2-5(6(3-4)22(24)25)10-20-8(12(16,17)18)7(23)9(19)21-10/h1-3,23H,(H2,19,20,21). The molecule has 0 fully saturated rings. The van der Waals surface area contributed by atoms with Crippen LogP contribution in [0.25, 0.3) is 11.4 Å². The fourth-order valence-electron chi connectivity index (χ4n) is 1.84. The van der Waals surface area contributed by atoms with Crippen LogP contribution in [0.15, 0.2) is 18.2 Å². The maximum Gasteiger partial charge on any atom is 0.437 e. The third kappa shape index (κ3) is 3.54. The fraction of sp³-hybridized carbons (Fsp3) is 0.167. The Morgan fingerprint density at radius 2 is 1.68 bits per heavy atom. The Balaban J connectivity index is 2.74. The molecule has 0 aliphatic carbocycles. The SMILES string of the molecule is Nc1nc(-c2ccc(C(F)(F)F)cc2[N+](=O)[O-])nc(C(F)(F)F)c1O. The summed E-state index contributed by atoms with van der Waals surface area (Å²) in [4.78, 5) is 16.0. The molecule has 0 saturated heterocycles. The van der Waals surface area contributed by atoms with Crippen LogP contribution in [0.1, 0.15) is 11.3 Å². The van der Waals surface area contributed by atoms with Crippen molar-refractivity contribution in [2.75, 3.05) is 5.73 Å². The van der Waals surface area contributed by atoms with Gasteiger partial charge in [-0.15, -0.1) is 0 Å². The highest BCUT2D eigenvalue weighted by Crippen LogP contribution is 2.40. The minimum absolute atomic E-state index is 0.134. The molecule has 1 heterocycles. The Labute approximate surface area is 133 Å². The average molecular weight is 368 g/mol. The van der Waals surface area contributed by atoms with Gasteiger partial charge in [-0.05, 0) is 12.1 Å². The van der Waals surface area contributed by atoms with Gasteiger partial charge in [0.15, 0.2) is 23.1 Å². The lowest BCUT2D eigenvalue weighted by Gasteiger charge is -2.12. The number of halogens is 6. The Hall–Kier alpha value is -3.12. The van der Waals surface area contributed by atoms with Crippen LogP contribution in [0.5, 0.6) is 5.75 Å². The first-order valence-electron chi connectivity index (χ1n) is 6.12. The van der Waals surface area contributed by atoms with E-state index in [1.807, 2.05) is 0 Å². The monoisotopic (exact) mass is 368 g/mol. The molecule has 0 saturated carbocycles. The van der Waals surface area contributed by atoms with Gasteiger partial charge in [-0.2, -0.15) is 26.3 Å². The zero-order valence-corrected chi connectivity index (χ0v) is 11.7. The van der Waals surface area contributed by atoms with E-state index in [0.29, 0.717) is 12.1 Å². The van der Waals surface area contributed by atoms with Crippen molar-refractivity contribution in [2.24, 2.45) is 0 Å². The summed E-state index contributed by atoms with van der Waals surface area (Å²) in [6.45, 7) is 0. The van der Waals surface area contributed by atoms with E-state index >= 15 is 0 Å². The molecule has 0 radical (unpaired) electrons. The van der Waals surface area contributed by atoms with Crippen molar-refractivity contribution < 1.29 is 36.4 Å². The Morgan fingerprint density at radius 1 is 1.08 bits per heavy atom. The quantitative estimate of drug-likeness (QED) is 0.477. The van der Waals surface area contributed by atoms with Gasteiger partial charge in [-0.25, -0.2) is 9.97 Å². The lowest BCUT2D eigenvalue weighted by atomic mass is 10.1. The first-order valence-corrected chi connectivity index (χ1v) is 6.12. The highest BCUT2D eigenvalue weighted by atomic mass is 19.4. The molecule has 0 amide bonds. The number of benzene rings is 1. The molecule has 2 aromatic rings. The van der Waals surface area contributed by atoms with Crippen molar-refractivity contribution in [1.82, 2.24) is 9.97 Å². The topological polar surface area (TPSA) is 115 Å². The minimum Gasteiger partial charge on any atom is -0.503 e. The molecule has 0 unspecified atom stereocenters. The van der Waals surface area contributed by atoms with Gasteiger partial charge in [0.2, 0.25) is 0 Å². The Bertz CT molecular complexity index is 850. The molecule has 13 heteroatoms. The largest absolute Gasteiger partial charge is 0.503 e. The Kier molecular flexibility index (Phi) is 4.19. The number of alkyl halides is 6. The molecule has 0 aliphatic rings. The summed E-state index contributed by atoms with van der Waals surface area (Å²) in [5.74, 6) is -3.49. The molecule has 0 aliphatic heterocycles. The molecule has 7 nitrogen and oxygen atoms in total. The van der Waals surface area contributed by atoms with E-state index in [2.05, 4.69) is 9.97 Å². The van der Waals surface area contributed by atoms with E-state index in [9.17, 15) is 41.6 Å². The number of aromatic hydroxyl groups is 1. The molecule has 25 heavy (non-hydrogen) atoms. The second-order valence-corrected chi connectivity index (χ2v) is 4.61. The first kappa shape index (κ1) is 18.2. The van der Waals surface area contributed by atoms with Gasteiger partial charge >= 0.3 is 12.4 Å². The zero-order chi connectivity index (χ0) is 19.2. The number of hydrogen-bond donors (Lipinski definition) is 2. The number of hydrogen-bond acceptors (Lipinski definition) is 6. The number of nitrogen functional groups attached to an aromatic ring is 1. The maximum absolute atomic E-state index is 12.8. The van der Waals surface area contributed by atoms with Crippen LogP contribution in [-0.2, 0) is 12.4 Å². The molecule has 0 bridgehead atoms. The van der Waals surface area contributed by atoms with Crippen LogP contribution in [0.2, 0.25) is 0 Å².